The summed E-state index contributed by atoms with van der Waals surface area (Å²) in [6.45, 7) is 1.000. The number of carbonyl (C=O) groups excluding carboxylic acids is 2. The fourth-order valence-corrected chi connectivity index (χ4v) is 6.10. The number of hydrogen-bond acceptors (Lipinski definition) is 7. The number of pyridine rings is 2. The van der Waals surface area contributed by atoms with Crippen molar-refractivity contribution >= 4 is 33.5 Å². The Labute approximate surface area is 241 Å². The highest BCUT2D eigenvalue weighted by Gasteiger charge is 2.45. The van der Waals surface area contributed by atoms with Gasteiger partial charge in [-0.2, -0.15) is 13.2 Å². The van der Waals surface area contributed by atoms with Gasteiger partial charge in [0.05, 0.1) is 21.7 Å². The summed E-state index contributed by atoms with van der Waals surface area (Å²) in [6, 6.07) is 8.23. The largest absolute Gasteiger partial charge is 0.489 e. The second-order valence-corrected chi connectivity index (χ2v) is 11.9. The first-order valence-electron chi connectivity index (χ1n) is 13.3. The van der Waals surface area contributed by atoms with E-state index >= 15 is 0 Å². The van der Waals surface area contributed by atoms with E-state index in [0.29, 0.717) is 17.1 Å². The van der Waals surface area contributed by atoms with Gasteiger partial charge in [0.25, 0.3) is 5.91 Å². The number of primary amides is 1. The van der Waals surface area contributed by atoms with Crippen LogP contribution in [0.4, 0.5) is 17.6 Å². The summed E-state index contributed by atoms with van der Waals surface area (Å²) in [5.41, 5.74) is 5.86. The van der Waals surface area contributed by atoms with Crippen LogP contribution < -0.4 is 15.8 Å². The molecular formula is C29H25F4N5O3S. The SMILES string of the molecule is C[C@]1(C(N)=O)COc2c1cc(C(CNC(=O)c1cnc3nc(C4CC4)sc3c1)CC(F)(F)F)nc2-c1ccc(F)cc1. The molecule has 2 atom stereocenters. The Kier molecular flexibility index (Phi) is 6.87. The van der Waals surface area contributed by atoms with Crippen LogP contribution in [0.25, 0.3) is 21.6 Å². The molecule has 0 spiro atoms. The minimum atomic E-state index is -4.60. The fourth-order valence-electron chi connectivity index (χ4n) is 4.96. The zero-order valence-electron chi connectivity index (χ0n) is 22.3. The first-order chi connectivity index (χ1) is 19.9. The number of fused-ring (bicyclic) bond motifs is 2. The lowest BCUT2D eigenvalue weighted by atomic mass is 9.82. The van der Waals surface area contributed by atoms with E-state index in [2.05, 4.69) is 20.3 Å². The number of amides is 2. The van der Waals surface area contributed by atoms with Crippen LogP contribution in [0.5, 0.6) is 5.75 Å². The summed E-state index contributed by atoms with van der Waals surface area (Å²) >= 11 is 1.46. The van der Waals surface area contributed by atoms with Gasteiger partial charge < -0.3 is 15.8 Å². The van der Waals surface area contributed by atoms with Gasteiger partial charge in [-0.3, -0.25) is 9.59 Å². The lowest BCUT2D eigenvalue weighted by Gasteiger charge is -2.23. The molecule has 6 rings (SSSR count). The average molecular weight is 600 g/mol. The number of hydrogen-bond donors (Lipinski definition) is 2. The van der Waals surface area contributed by atoms with Gasteiger partial charge in [-0.15, -0.1) is 11.3 Å². The molecule has 1 aliphatic carbocycles. The molecule has 13 heteroatoms. The highest BCUT2D eigenvalue weighted by molar-refractivity contribution is 7.18. The Morgan fingerprint density at radius 1 is 1.19 bits per heavy atom. The topological polar surface area (TPSA) is 120 Å². The summed E-state index contributed by atoms with van der Waals surface area (Å²) in [5, 5.41) is 3.56. The lowest BCUT2D eigenvalue weighted by Crippen LogP contribution is -2.40. The maximum atomic E-state index is 13.8. The van der Waals surface area contributed by atoms with Crippen molar-refractivity contribution in [2.24, 2.45) is 5.73 Å². The van der Waals surface area contributed by atoms with Crippen molar-refractivity contribution in [1.29, 1.82) is 0 Å². The van der Waals surface area contributed by atoms with Crippen LogP contribution in [-0.2, 0) is 10.2 Å². The smallest absolute Gasteiger partial charge is 0.389 e. The Balaban J connectivity index is 1.34. The van der Waals surface area contributed by atoms with Gasteiger partial charge in [-0.25, -0.2) is 19.3 Å². The molecule has 1 aliphatic heterocycles. The number of nitrogens with one attached hydrogen (secondary N) is 1. The predicted octanol–water partition coefficient (Wildman–Crippen LogP) is 5.37. The molecule has 3 aromatic heterocycles. The van der Waals surface area contributed by atoms with Crippen molar-refractivity contribution in [2.75, 3.05) is 13.2 Å². The van der Waals surface area contributed by atoms with Crippen LogP contribution in [0.3, 0.4) is 0 Å². The van der Waals surface area contributed by atoms with Crippen molar-refractivity contribution in [3.8, 4) is 17.0 Å². The number of benzene rings is 1. The number of rotatable bonds is 8. The summed E-state index contributed by atoms with van der Waals surface area (Å²) < 4.78 is 61.6. The summed E-state index contributed by atoms with van der Waals surface area (Å²) in [4.78, 5) is 38.7. The number of nitrogens with zero attached hydrogens (tertiary/aromatic N) is 3. The normalized spacial score (nSPS) is 18.9. The number of carbonyl (C=O) groups is 2. The van der Waals surface area contributed by atoms with E-state index in [1.807, 2.05) is 0 Å². The lowest BCUT2D eigenvalue weighted by molar-refractivity contribution is -0.138. The molecule has 3 N–H and O–H groups in total. The van der Waals surface area contributed by atoms with Crippen LogP contribution in [0.15, 0.2) is 42.6 Å². The number of alkyl halides is 3. The zero-order valence-corrected chi connectivity index (χ0v) is 23.1. The fraction of sp³-hybridized carbons (Fsp3) is 0.345. The molecular weight excluding hydrogens is 574 g/mol. The van der Waals surface area contributed by atoms with E-state index in [-0.39, 0.29) is 34.9 Å². The van der Waals surface area contributed by atoms with Crippen molar-refractivity contribution in [1.82, 2.24) is 20.3 Å². The first kappa shape index (κ1) is 28.0. The number of ether oxygens (including phenoxy) is 1. The summed E-state index contributed by atoms with van der Waals surface area (Å²) in [6.07, 6.45) is -2.41. The predicted molar refractivity (Wildman–Crippen MR) is 147 cm³/mol. The first-order valence-corrected chi connectivity index (χ1v) is 14.1. The van der Waals surface area contributed by atoms with Gasteiger partial charge in [0.2, 0.25) is 5.91 Å². The van der Waals surface area contributed by atoms with Gasteiger partial charge in [-0.05, 0) is 56.2 Å². The minimum Gasteiger partial charge on any atom is -0.489 e. The molecule has 1 saturated carbocycles. The van der Waals surface area contributed by atoms with Crippen molar-refractivity contribution in [2.45, 2.75) is 49.6 Å². The maximum Gasteiger partial charge on any atom is 0.389 e. The Hall–Kier alpha value is -4.13. The summed E-state index contributed by atoms with van der Waals surface area (Å²) in [5.74, 6) is -2.54. The van der Waals surface area contributed by atoms with Crippen molar-refractivity contribution in [3.63, 3.8) is 0 Å². The van der Waals surface area contributed by atoms with Crippen molar-refractivity contribution < 1.29 is 31.9 Å². The molecule has 0 saturated heterocycles. The third kappa shape index (κ3) is 5.40. The van der Waals surface area contributed by atoms with Gasteiger partial charge in [0.1, 0.15) is 29.3 Å². The minimum absolute atomic E-state index is 0.0196. The van der Waals surface area contributed by atoms with E-state index in [1.165, 1.54) is 54.8 Å². The Morgan fingerprint density at radius 3 is 2.60 bits per heavy atom. The van der Waals surface area contributed by atoms with E-state index in [0.717, 1.165) is 22.5 Å². The molecule has 1 aromatic carbocycles. The molecule has 2 amide bonds. The third-order valence-electron chi connectivity index (χ3n) is 7.61. The highest BCUT2D eigenvalue weighted by atomic mass is 32.1. The molecule has 1 unspecified atom stereocenters. The molecule has 218 valence electrons. The Bertz CT molecular complexity index is 1700. The third-order valence-corrected chi connectivity index (χ3v) is 8.77. The standard InChI is InChI=1S/C29H25F4N5O3S/c1-28(27(34)40)13-41-23-19(28)9-20(37-22(23)14-4-6-18(30)7-5-14)17(10-29(31,32)33)12-36-25(39)16-8-21-24(35-11-16)38-26(42-21)15-2-3-15/h4-9,11,15,17H,2-3,10,12-13H2,1H3,(H2,34,40)(H,36,39)/t17?,28-/m0/s1. The van der Waals surface area contributed by atoms with Gasteiger partial charge in [-0.1, -0.05) is 0 Å². The molecule has 4 aromatic rings. The molecule has 0 bridgehead atoms. The molecule has 2 aliphatic rings. The zero-order chi connectivity index (χ0) is 29.8. The van der Waals surface area contributed by atoms with Crippen LogP contribution in [-0.4, -0.2) is 46.1 Å². The summed E-state index contributed by atoms with van der Waals surface area (Å²) in [7, 11) is 0. The van der Waals surface area contributed by atoms with Crippen LogP contribution >= 0.6 is 11.3 Å². The second kappa shape index (κ2) is 10.3. The Morgan fingerprint density at radius 2 is 1.93 bits per heavy atom. The van der Waals surface area contributed by atoms with Crippen LogP contribution in [0, 0.1) is 5.82 Å². The molecule has 1 fully saturated rings. The quantitative estimate of drug-likeness (QED) is 0.263. The molecule has 0 radical (unpaired) electrons. The number of thiazole rings is 1. The van der Waals surface area contributed by atoms with E-state index in [9.17, 15) is 27.2 Å². The van der Waals surface area contributed by atoms with Gasteiger partial charge in [0, 0.05) is 41.4 Å². The second-order valence-electron chi connectivity index (χ2n) is 10.9. The number of halogens is 4. The number of nitrogens with two attached hydrogens (primary N) is 1. The maximum absolute atomic E-state index is 13.8. The molecule has 8 nitrogen and oxygen atoms in total. The molecule has 4 heterocycles. The van der Waals surface area contributed by atoms with Crippen LogP contribution in [0.2, 0.25) is 0 Å². The number of aromatic nitrogens is 3. The highest BCUT2D eigenvalue weighted by Crippen LogP contribution is 2.46. The van der Waals surface area contributed by atoms with Crippen molar-refractivity contribution in [3.05, 3.63) is 70.2 Å². The van der Waals surface area contributed by atoms with E-state index in [4.69, 9.17) is 10.5 Å². The van der Waals surface area contributed by atoms with E-state index < -0.39 is 48.1 Å². The van der Waals surface area contributed by atoms with Gasteiger partial charge >= 0.3 is 6.18 Å². The van der Waals surface area contributed by atoms with Gasteiger partial charge in [0.15, 0.2) is 5.65 Å². The molecule has 42 heavy (non-hydrogen) atoms. The van der Waals surface area contributed by atoms with E-state index in [1.54, 1.807) is 6.07 Å². The van der Waals surface area contributed by atoms with Crippen LogP contribution in [0.1, 0.15) is 64.6 Å². The monoisotopic (exact) mass is 599 g/mol. The average Bonchev–Trinajstić information content (AvgIpc) is 3.62.